The molecule has 0 aliphatic carbocycles. The second-order valence-corrected chi connectivity index (χ2v) is 10.6. The molecule has 1 aromatic rings. The molecular formula is C26H43N3O4S. The third-order valence-corrected chi connectivity index (χ3v) is 5.54. The minimum atomic E-state index is -0.949. The Labute approximate surface area is 210 Å². The highest BCUT2D eigenvalue weighted by atomic mass is 32.1. The first kappa shape index (κ1) is 29.8. The van der Waals surface area contributed by atoms with Crippen molar-refractivity contribution >= 4 is 30.5 Å². The lowest BCUT2D eigenvalue weighted by Gasteiger charge is -2.37. The Bertz CT molecular complexity index is 831. The molecule has 0 heterocycles. The molecule has 0 spiro atoms. The number of nitrogens with zero attached hydrogens (tertiary/aromatic N) is 1. The van der Waals surface area contributed by atoms with Crippen molar-refractivity contribution in [3.63, 3.8) is 0 Å². The molecule has 0 aliphatic rings. The minimum absolute atomic E-state index is 0.0319. The van der Waals surface area contributed by atoms with E-state index in [1.807, 2.05) is 52.8 Å². The van der Waals surface area contributed by atoms with Crippen molar-refractivity contribution < 1.29 is 19.1 Å². The van der Waals surface area contributed by atoms with E-state index in [1.165, 1.54) is 0 Å². The van der Waals surface area contributed by atoms with Gasteiger partial charge in [0.1, 0.15) is 17.7 Å². The Hall–Kier alpha value is -2.22. The number of nitrogens with one attached hydrogen (secondary N) is 2. The van der Waals surface area contributed by atoms with Crippen molar-refractivity contribution in [1.29, 1.82) is 0 Å². The van der Waals surface area contributed by atoms with Crippen LogP contribution in [0.2, 0.25) is 0 Å². The summed E-state index contributed by atoms with van der Waals surface area (Å²) in [6, 6.07) is 3.75. The zero-order chi connectivity index (χ0) is 26.2. The molecule has 0 aromatic heterocycles. The van der Waals surface area contributed by atoms with Gasteiger partial charge < -0.3 is 20.3 Å². The van der Waals surface area contributed by atoms with Gasteiger partial charge in [-0.05, 0) is 67.4 Å². The molecule has 3 unspecified atom stereocenters. The fourth-order valence-corrected chi connectivity index (χ4v) is 4.18. The van der Waals surface area contributed by atoms with E-state index in [0.717, 1.165) is 29.5 Å². The van der Waals surface area contributed by atoms with Gasteiger partial charge in [0, 0.05) is 17.8 Å². The van der Waals surface area contributed by atoms with Crippen LogP contribution >= 0.6 is 12.6 Å². The lowest BCUT2D eigenvalue weighted by atomic mass is 9.97. The van der Waals surface area contributed by atoms with Gasteiger partial charge in [0.15, 0.2) is 0 Å². The maximum atomic E-state index is 13.7. The summed E-state index contributed by atoms with van der Waals surface area (Å²) < 4.78 is 5.33. The Morgan fingerprint density at radius 2 is 1.59 bits per heavy atom. The summed E-state index contributed by atoms with van der Waals surface area (Å²) in [5.41, 5.74) is 2.03. The topological polar surface area (TPSA) is 87.7 Å². The zero-order valence-electron chi connectivity index (χ0n) is 22.2. The minimum Gasteiger partial charge on any atom is -0.444 e. The molecule has 0 aliphatic heterocycles. The lowest BCUT2D eigenvalue weighted by Crippen LogP contribution is -2.56. The van der Waals surface area contributed by atoms with Crippen LogP contribution in [0.3, 0.4) is 0 Å². The number of hydrogen-bond acceptors (Lipinski definition) is 5. The molecular weight excluding hydrogens is 450 g/mol. The highest BCUT2D eigenvalue weighted by Crippen LogP contribution is 2.27. The predicted octanol–water partition coefficient (Wildman–Crippen LogP) is 4.71. The summed E-state index contributed by atoms with van der Waals surface area (Å²) in [7, 11) is 0. The van der Waals surface area contributed by atoms with Crippen molar-refractivity contribution in [1.82, 2.24) is 15.5 Å². The third-order valence-electron chi connectivity index (χ3n) is 5.18. The van der Waals surface area contributed by atoms with Crippen LogP contribution in [0.4, 0.5) is 4.79 Å². The number of benzene rings is 1. The first-order valence-electron chi connectivity index (χ1n) is 12.0. The van der Waals surface area contributed by atoms with Gasteiger partial charge in [0.25, 0.3) is 0 Å². The number of carbonyl (C=O) groups excluding carboxylic acids is 3. The number of ether oxygens (including phenoxy) is 1. The van der Waals surface area contributed by atoms with E-state index in [0.29, 0.717) is 0 Å². The zero-order valence-corrected chi connectivity index (χ0v) is 23.1. The first-order valence-corrected chi connectivity index (χ1v) is 12.6. The van der Waals surface area contributed by atoms with Gasteiger partial charge in [-0.25, -0.2) is 4.79 Å². The molecule has 1 rings (SSSR count). The molecule has 192 valence electrons. The number of aryl methyl sites for hydroxylation is 2. The summed E-state index contributed by atoms with van der Waals surface area (Å²) in [6.45, 7) is 16.9. The smallest absolute Gasteiger partial charge is 0.408 e. The van der Waals surface area contributed by atoms with Gasteiger partial charge >= 0.3 is 6.09 Å². The van der Waals surface area contributed by atoms with E-state index < -0.39 is 29.7 Å². The summed E-state index contributed by atoms with van der Waals surface area (Å²) in [6.07, 6.45) is 1.07. The van der Waals surface area contributed by atoms with Gasteiger partial charge in [-0.2, -0.15) is 12.6 Å². The molecule has 0 bridgehead atoms. The molecule has 3 amide bonds. The van der Waals surface area contributed by atoms with Gasteiger partial charge in [-0.1, -0.05) is 42.7 Å². The van der Waals surface area contributed by atoms with Crippen LogP contribution in [0.15, 0.2) is 18.2 Å². The molecule has 0 radical (unpaired) electrons. The fourth-order valence-electron chi connectivity index (χ4n) is 3.93. The van der Waals surface area contributed by atoms with E-state index >= 15 is 0 Å². The molecule has 8 heteroatoms. The van der Waals surface area contributed by atoms with E-state index in [4.69, 9.17) is 4.74 Å². The van der Waals surface area contributed by atoms with Gasteiger partial charge in [0.2, 0.25) is 11.8 Å². The third kappa shape index (κ3) is 9.20. The standard InChI is InChI=1S/C26H43N3O4S/c1-10-11-19(6)27-23(30)22(20-13-17(4)12-18(5)14-20)29(16(2)3)24(31)21(15-34)28-25(32)33-26(7,8)9/h12-14,16,19,21-22,34H,10-11,15H2,1-9H3,(H,27,30)(H,28,32). The van der Waals surface area contributed by atoms with E-state index in [2.05, 4.69) is 30.2 Å². The van der Waals surface area contributed by atoms with Crippen molar-refractivity contribution in [3.05, 3.63) is 34.9 Å². The van der Waals surface area contributed by atoms with Crippen LogP contribution < -0.4 is 10.6 Å². The SMILES string of the molecule is CCCC(C)NC(=O)C(c1cc(C)cc(C)c1)N(C(=O)C(CS)NC(=O)OC(C)(C)C)C(C)C. The summed E-state index contributed by atoms with van der Waals surface area (Å²) in [5.74, 6) is -0.573. The van der Waals surface area contributed by atoms with E-state index in [1.54, 1.807) is 25.7 Å². The fraction of sp³-hybridized carbons (Fsp3) is 0.654. The van der Waals surface area contributed by atoms with Crippen LogP contribution in [0.25, 0.3) is 0 Å². The molecule has 1 aromatic carbocycles. The maximum Gasteiger partial charge on any atom is 0.408 e. The number of carbonyl (C=O) groups is 3. The van der Waals surface area contributed by atoms with Crippen molar-refractivity contribution in [3.8, 4) is 0 Å². The molecule has 0 saturated heterocycles. The van der Waals surface area contributed by atoms with E-state index in [9.17, 15) is 14.4 Å². The number of thiol groups is 1. The monoisotopic (exact) mass is 493 g/mol. The molecule has 0 saturated carbocycles. The van der Waals surface area contributed by atoms with Gasteiger partial charge in [-0.15, -0.1) is 0 Å². The average molecular weight is 494 g/mol. The molecule has 0 fully saturated rings. The number of hydrogen-bond donors (Lipinski definition) is 3. The first-order chi connectivity index (χ1) is 15.7. The predicted molar refractivity (Wildman–Crippen MR) is 140 cm³/mol. The lowest BCUT2D eigenvalue weighted by molar-refractivity contribution is -0.144. The molecule has 3 atom stereocenters. The Balaban J connectivity index is 3.43. The van der Waals surface area contributed by atoms with Gasteiger partial charge in [0.05, 0.1) is 0 Å². The Kier molecular flexibility index (Phi) is 11.4. The number of alkyl carbamates (subject to hydrolysis) is 1. The van der Waals surface area contributed by atoms with Crippen LogP contribution in [0.5, 0.6) is 0 Å². The number of rotatable bonds is 10. The largest absolute Gasteiger partial charge is 0.444 e. The number of amides is 3. The Morgan fingerprint density at radius 3 is 2.03 bits per heavy atom. The summed E-state index contributed by atoms with van der Waals surface area (Å²) >= 11 is 4.31. The normalized spacial score (nSPS) is 14.2. The van der Waals surface area contributed by atoms with Crippen LogP contribution in [0, 0.1) is 13.8 Å². The van der Waals surface area contributed by atoms with Crippen molar-refractivity contribution in [2.45, 2.75) is 105 Å². The van der Waals surface area contributed by atoms with Crippen LogP contribution in [0.1, 0.15) is 84.0 Å². The molecule has 2 N–H and O–H groups in total. The van der Waals surface area contributed by atoms with Crippen molar-refractivity contribution in [2.75, 3.05) is 5.75 Å². The highest BCUT2D eigenvalue weighted by molar-refractivity contribution is 7.80. The maximum absolute atomic E-state index is 13.7. The summed E-state index contributed by atoms with van der Waals surface area (Å²) in [4.78, 5) is 41.3. The van der Waals surface area contributed by atoms with E-state index in [-0.39, 0.29) is 23.7 Å². The second kappa shape index (κ2) is 13.0. The quantitative estimate of drug-likeness (QED) is 0.412. The summed E-state index contributed by atoms with van der Waals surface area (Å²) in [5, 5.41) is 5.70. The highest BCUT2D eigenvalue weighted by Gasteiger charge is 2.37. The van der Waals surface area contributed by atoms with Gasteiger partial charge in [-0.3, -0.25) is 9.59 Å². The van der Waals surface area contributed by atoms with Crippen LogP contribution in [-0.4, -0.2) is 52.3 Å². The average Bonchev–Trinajstić information content (AvgIpc) is 2.67. The molecule has 7 nitrogen and oxygen atoms in total. The van der Waals surface area contributed by atoms with Crippen LogP contribution in [-0.2, 0) is 14.3 Å². The second-order valence-electron chi connectivity index (χ2n) is 10.2. The Morgan fingerprint density at radius 1 is 1.03 bits per heavy atom. The van der Waals surface area contributed by atoms with Crippen molar-refractivity contribution in [2.24, 2.45) is 0 Å². The molecule has 34 heavy (non-hydrogen) atoms.